The van der Waals surface area contributed by atoms with Gasteiger partial charge in [-0.25, -0.2) is 4.79 Å². The molecule has 4 aromatic rings. The van der Waals surface area contributed by atoms with Gasteiger partial charge in [0.2, 0.25) is 0 Å². The molecule has 0 fully saturated rings. The molecule has 0 bridgehead atoms. The lowest BCUT2D eigenvalue weighted by Crippen LogP contribution is -2.41. The van der Waals surface area contributed by atoms with E-state index in [2.05, 4.69) is 5.16 Å². The topological polar surface area (TPSA) is 112 Å². The lowest BCUT2D eigenvalue weighted by molar-refractivity contribution is 0.0593. The van der Waals surface area contributed by atoms with Crippen molar-refractivity contribution in [2.24, 2.45) is 11.7 Å². The van der Waals surface area contributed by atoms with Gasteiger partial charge in [-0.05, 0) is 43.5 Å². The van der Waals surface area contributed by atoms with Gasteiger partial charge in [-0.1, -0.05) is 67.5 Å². The van der Waals surface area contributed by atoms with Crippen molar-refractivity contribution >= 4 is 5.91 Å². The summed E-state index contributed by atoms with van der Waals surface area (Å²) in [4.78, 5) is 29.1. The van der Waals surface area contributed by atoms with Crippen molar-refractivity contribution in [2.45, 2.75) is 39.8 Å². The summed E-state index contributed by atoms with van der Waals surface area (Å²) < 4.78 is 8.23. The highest BCUT2D eigenvalue weighted by molar-refractivity contribution is 5.92. The number of aryl methyl sites for hydroxylation is 1. The van der Waals surface area contributed by atoms with Crippen molar-refractivity contribution in [3.05, 3.63) is 100 Å². The molecule has 4 rings (SSSR count). The fourth-order valence-electron chi connectivity index (χ4n) is 4.32. The zero-order chi connectivity index (χ0) is 25.7. The van der Waals surface area contributed by atoms with Crippen molar-refractivity contribution in [3.63, 3.8) is 0 Å². The van der Waals surface area contributed by atoms with Crippen LogP contribution in [0.25, 0.3) is 5.69 Å². The monoisotopic (exact) mass is 488 g/mol. The van der Waals surface area contributed by atoms with E-state index in [1.54, 1.807) is 22.5 Å². The minimum Gasteiger partial charge on any atom is -0.361 e. The third-order valence-electron chi connectivity index (χ3n) is 6.02. The summed E-state index contributed by atoms with van der Waals surface area (Å²) in [6.07, 6.45) is 0.591. The molecule has 0 spiro atoms. The number of hydrogen-bond donors (Lipinski definition) is 1. The average Bonchev–Trinajstić information content (AvgIpc) is 3.46. The predicted molar refractivity (Wildman–Crippen MR) is 137 cm³/mol. The summed E-state index contributed by atoms with van der Waals surface area (Å²) in [5.41, 5.74) is 7.39. The molecule has 0 aliphatic carbocycles. The van der Waals surface area contributed by atoms with Gasteiger partial charge in [-0.3, -0.25) is 9.36 Å². The van der Waals surface area contributed by atoms with E-state index in [9.17, 15) is 9.59 Å². The summed E-state index contributed by atoms with van der Waals surface area (Å²) >= 11 is 0. The maximum Gasteiger partial charge on any atom is 0.351 e. The van der Waals surface area contributed by atoms with E-state index in [1.165, 1.54) is 4.68 Å². The van der Waals surface area contributed by atoms with Gasteiger partial charge in [0.1, 0.15) is 5.76 Å². The molecule has 0 aliphatic heterocycles. The maximum absolute atomic E-state index is 13.7. The largest absolute Gasteiger partial charge is 0.361 e. The molecular formula is C27H32N6O3. The highest BCUT2D eigenvalue weighted by Gasteiger charge is 2.34. The van der Waals surface area contributed by atoms with Gasteiger partial charge in [0.25, 0.3) is 5.91 Å². The van der Waals surface area contributed by atoms with Crippen LogP contribution >= 0.6 is 0 Å². The lowest BCUT2D eigenvalue weighted by atomic mass is 10.00. The smallest absolute Gasteiger partial charge is 0.351 e. The summed E-state index contributed by atoms with van der Waals surface area (Å²) in [6.45, 7) is 6.91. The first kappa shape index (κ1) is 25.1. The van der Waals surface area contributed by atoms with Crippen molar-refractivity contribution in [1.82, 2.24) is 24.4 Å². The quantitative estimate of drug-likeness (QED) is 0.365. The molecule has 2 aromatic heterocycles. The Morgan fingerprint density at radius 1 is 1.08 bits per heavy atom. The third-order valence-corrected chi connectivity index (χ3v) is 6.02. The molecule has 2 aromatic carbocycles. The highest BCUT2D eigenvalue weighted by Crippen LogP contribution is 2.29. The summed E-state index contributed by atoms with van der Waals surface area (Å²) in [6, 6.07) is 20.2. The van der Waals surface area contributed by atoms with Gasteiger partial charge >= 0.3 is 5.69 Å². The number of nitrogens with zero attached hydrogens (tertiary/aromatic N) is 5. The Bertz CT molecular complexity index is 1340. The number of para-hydroxylation sites is 1. The van der Waals surface area contributed by atoms with Crippen LogP contribution in [0.4, 0.5) is 0 Å². The van der Waals surface area contributed by atoms with Gasteiger partial charge in [-0.2, -0.15) is 4.68 Å². The number of aromatic nitrogens is 4. The van der Waals surface area contributed by atoms with Crippen LogP contribution in [-0.4, -0.2) is 43.4 Å². The van der Waals surface area contributed by atoms with Crippen LogP contribution in [0.15, 0.2) is 76.0 Å². The van der Waals surface area contributed by atoms with E-state index in [0.717, 1.165) is 5.56 Å². The van der Waals surface area contributed by atoms with E-state index in [4.69, 9.17) is 15.4 Å². The molecule has 0 radical (unpaired) electrons. The maximum atomic E-state index is 13.7. The van der Waals surface area contributed by atoms with Crippen LogP contribution in [-0.2, 0) is 6.54 Å². The second-order valence-electron chi connectivity index (χ2n) is 9.11. The predicted octanol–water partition coefficient (Wildman–Crippen LogP) is 3.57. The van der Waals surface area contributed by atoms with Gasteiger partial charge in [0.05, 0.1) is 18.3 Å². The lowest BCUT2D eigenvalue weighted by Gasteiger charge is -2.33. The molecule has 0 saturated heterocycles. The third kappa shape index (κ3) is 5.31. The van der Waals surface area contributed by atoms with Crippen molar-refractivity contribution in [1.29, 1.82) is 0 Å². The molecule has 9 heteroatoms. The van der Waals surface area contributed by atoms with Crippen molar-refractivity contribution in [2.75, 3.05) is 13.1 Å². The SMILES string of the molecule is Cc1cc(C(=O)N(CCCN)C(c2nn(-c3ccccc3)c(=O)n2Cc2ccccc2)C(C)C)no1. The molecule has 0 saturated carbocycles. The van der Waals surface area contributed by atoms with E-state index in [0.29, 0.717) is 43.3 Å². The molecular weight excluding hydrogens is 456 g/mol. The first-order valence-electron chi connectivity index (χ1n) is 12.1. The summed E-state index contributed by atoms with van der Waals surface area (Å²) in [7, 11) is 0. The van der Waals surface area contributed by atoms with Crippen LogP contribution in [0.1, 0.15) is 53.9 Å². The first-order chi connectivity index (χ1) is 17.4. The summed E-state index contributed by atoms with van der Waals surface area (Å²) in [5.74, 6) is 0.716. The van der Waals surface area contributed by atoms with Crippen LogP contribution in [0.2, 0.25) is 0 Å². The summed E-state index contributed by atoms with van der Waals surface area (Å²) in [5, 5.41) is 8.76. The zero-order valence-electron chi connectivity index (χ0n) is 20.9. The number of carbonyl (C=O) groups is 1. The number of amides is 1. The van der Waals surface area contributed by atoms with Gasteiger partial charge in [-0.15, -0.1) is 5.10 Å². The minimum atomic E-state index is -0.498. The number of carbonyl (C=O) groups excluding carboxylic acids is 1. The Kier molecular flexibility index (Phi) is 7.80. The standard InChI is InChI=1S/C27H32N6O3/c1-19(2)24(31(16-10-15-28)26(34)23-17-20(3)36-30-23)25-29-33(22-13-8-5-9-14-22)27(35)32(25)18-21-11-6-4-7-12-21/h4-9,11-14,17,19,24H,10,15-16,18,28H2,1-3H3. The molecule has 2 N–H and O–H groups in total. The second kappa shape index (κ2) is 11.2. The fraction of sp³-hybridized carbons (Fsp3) is 0.333. The fourth-order valence-corrected chi connectivity index (χ4v) is 4.32. The van der Waals surface area contributed by atoms with Crippen molar-refractivity contribution in [3.8, 4) is 5.69 Å². The number of benzene rings is 2. The van der Waals surface area contributed by atoms with E-state index in [1.807, 2.05) is 74.5 Å². The molecule has 1 amide bonds. The van der Waals surface area contributed by atoms with Gasteiger partial charge in [0, 0.05) is 12.6 Å². The van der Waals surface area contributed by atoms with Gasteiger partial charge in [0.15, 0.2) is 11.5 Å². The van der Waals surface area contributed by atoms with E-state index in [-0.39, 0.29) is 23.2 Å². The zero-order valence-corrected chi connectivity index (χ0v) is 20.9. The van der Waals surface area contributed by atoms with E-state index >= 15 is 0 Å². The second-order valence-corrected chi connectivity index (χ2v) is 9.11. The average molecular weight is 489 g/mol. The molecule has 9 nitrogen and oxygen atoms in total. The normalized spacial score (nSPS) is 12.1. The number of nitrogens with two attached hydrogens (primary N) is 1. The Labute approximate surface area is 210 Å². The number of rotatable bonds is 10. The molecule has 1 unspecified atom stereocenters. The van der Waals surface area contributed by atoms with Crippen LogP contribution in [0.5, 0.6) is 0 Å². The first-order valence-corrected chi connectivity index (χ1v) is 12.1. The molecule has 2 heterocycles. The van der Waals surface area contributed by atoms with Gasteiger partial charge < -0.3 is 15.2 Å². The van der Waals surface area contributed by atoms with Crippen molar-refractivity contribution < 1.29 is 9.32 Å². The van der Waals surface area contributed by atoms with Crippen LogP contribution in [0, 0.1) is 12.8 Å². The molecule has 188 valence electrons. The molecule has 36 heavy (non-hydrogen) atoms. The van der Waals surface area contributed by atoms with Crippen LogP contribution in [0.3, 0.4) is 0 Å². The molecule has 1 atom stereocenters. The Hall–Kier alpha value is -3.98. The highest BCUT2D eigenvalue weighted by atomic mass is 16.5. The Morgan fingerprint density at radius 3 is 2.33 bits per heavy atom. The number of hydrogen-bond acceptors (Lipinski definition) is 6. The Balaban J connectivity index is 1.87. The van der Waals surface area contributed by atoms with E-state index < -0.39 is 6.04 Å². The minimum absolute atomic E-state index is 0.0553. The molecule has 0 aliphatic rings. The van der Waals surface area contributed by atoms with Crippen LogP contribution < -0.4 is 11.4 Å². The Morgan fingerprint density at radius 2 is 1.75 bits per heavy atom.